The summed E-state index contributed by atoms with van der Waals surface area (Å²) < 4.78 is 13.3. The van der Waals surface area contributed by atoms with Gasteiger partial charge < -0.3 is 9.80 Å². The van der Waals surface area contributed by atoms with Gasteiger partial charge in [-0.2, -0.15) is 0 Å². The quantitative estimate of drug-likeness (QED) is 0.854. The van der Waals surface area contributed by atoms with E-state index in [0.29, 0.717) is 26.1 Å². The maximum absolute atomic E-state index is 13.3. The van der Waals surface area contributed by atoms with Crippen molar-refractivity contribution in [2.24, 2.45) is 0 Å². The number of rotatable bonds is 4. The Morgan fingerprint density at radius 2 is 2.00 bits per heavy atom. The molecule has 0 spiro atoms. The Hall–Kier alpha value is -1.91. The van der Waals surface area contributed by atoms with Gasteiger partial charge in [0.15, 0.2) is 0 Å². The lowest BCUT2D eigenvalue weighted by Gasteiger charge is -2.50. The monoisotopic (exact) mass is 292 g/mol. The minimum Gasteiger partial charge on any atom is -0.341 e. The normalized spacial score (nSPS) is 20.9. The Balaban J connectivity index is 2.21. The van der Waals surface area contributed by atoms with E-state index in [4.69, 9.17) is 0 Å². The first kappa shape index (κ1) is 15.5. The van der Waals surface area contributed by atoms with Crippen molar-refractivity contribution in [1.82, 2.24) is 9.80 Å². The summed E-state index contributed by atoms with van der Waals surface area (Å²) >= 11 is 0. The highest BCUT2D eigenvalue weighted by molar-refractivity contribution is 6.00. The van der Waals surface area contributed by atoms with Gasteiger partial charge in [-0.05, 0) is 45.4 Å². The van der Waals surface area contributed by atoms with Gasteiger partial charge in [-0.25, -0.2) is 4.39 Å². The molecule has 1 fully saturated rings. The molecule has 1 aliphatic heterocycles. The Morgan fingerprint density at radius 1 is 1.33 bits per heavy atom. The summed E-state index contributed by atoms with van der Waals surface area (Å²) in [5.41, 5.74) is -0.525. The number of carbonyl (C=O) groups is 2. The zero-order valence-electron chi connectivity index (χ0n) is 12.7. The van der Waals surface area contributed by atoms with E-state index in [2.05, 4.69) is 0 Å². The topological polar surface area (TPSA) is 40.6 Å². The number of carbonyl (C=O) groups excluding carboxylic acids is 2. The van der Waals surface area contributed by atoms with Crippen molar-refractivity contribution in [2.45, 2.75) is 32.7 Å². The van der Waals surface area contributed by atoms with E-state index in [1.807, 2.05) is 13.8 Å². The number of amides is 2. The smallest absolute Gasteiger partial charge is 0.254 e. The van der Waals surface area contributed by atoms with E-state index < -0.39 is 11.4 Å². The number of likely N-dealkylation sites (tertiary alicyclic amines) is 1. The number of nitrogens with zero attached hydrogens (tertiary/aromatic N) is 2. The van der Waals surface area contributed by atoms with Crippen molar-refractivity contribution in [1.29, 1.82) is 0 Å². The van der Waals surface area contributed by atoms with Crippen LogP contribution in [0.1, 0.15) is 37.6 Å². The van der Waals surface area contributed by atoms with Crippen molar-refractivity contribution < 1.29 is 14.0 Å². The molecular formula is C16H21FN2O2. The molecule has 114 valence electrons. The minimum atomic E-state index is -0.810. The molecule has 5 heteroatoms. The average molecular weight is 292 g/mol. The van der Waals surface area contributed by atoms with Crippen molar-refractivity contribution in [3.63, 3.8) is 0 Å². The molecule has 1 aromatic carbocycles. The summed E-state index contributed by atoms with van der Waals surface area (Å²) in [6, 6.07) is 5.59. The van der Waals surface area contributed by atoms with E-state index in [1.165, 1.54) is 18.2 Å². The molecule has 2 amide bonds. The van der Waals surface area contributed by atoms with Crippen molar-refractivity contribution >= 4 is 11.8 Å². The van der Waals surface area contributed by atoms with E-state index in [-0.39, 0.29) is 17.4 Å². The summed E-state index contributed by atoms with van der Waals surface area (Å²) in [6.07, 6.45) is 0.642. The van der Waals surface area contributed by atoms with Gasteiger partial charge in [0, 0.05) is 25.2 Å². The van der Waals surface area contributed by atoms with E-state index in [1.54, 1.807) is 22.8 Å². The van der Waals surface area contributed by atoms with Crippen LogP contribution in [0.2, 0.25) is 0 Å². The molecule has 4 nitrogen and oxygen atoms in total. The van der Waals surface area contributed by atoms with Crippen LogP contribution in [0, 0.1) is 5.82 Å². The lowest BCUT2D eigenvalue weighted by Crippen LogP contribution is -2.67. The number of benzene rings is 1. The molecule has 1 saturated heterocycles. The van der Waals surface area contributed by atoms with Gasteiger partial charge in [-0.3, -0.25) is 9.59 Å². The zero-order valence-corrected chi connectivity index (χ0v) is 12.7. The molecule has 1 unspecified atom stereocenters. The van der Waals surface area contributed by atoms with Crippen LogP contribution in [-0.2, 0) is 4.79 Å². The SMILES string of the molecule is CCN(CC)C(=O)C1(C)CCN1C(=O)c1cccc(F)c1. The number of hydrogen-bond donors (Lipinski definition) is 0. The van der Waals surface area contributed by atoms with Gasteiger partial charge in [0.05, 0.1) is 0 Å². The molecule has 1 aromatic rings. The third kappa shape index (κ3) is 2.64. The summed E-state index contributed by atoms with van der Waals surface area (Å²) in [6.45, 7) is 7.39. The van der Waals surface area contributed by atoms with Crippen LogP contribution in [-0.4, -0.2) is 46.8 Å². The van der Waals surface area contributed by atoms with Gasteiger partial charge in [-0.15, -0.1) is 0 Å². The van der Waals surface area contributed by atoms with E-state index in [0.717, 1.165) is 0 Å². The number of likely N-dealkylation sites (N-methyl/N-ethyl adjacent to an activating group) is 1. The fraction of sp³-hybridized carbons (Fsp3) is 0.500. The first-order valence-electron chi connectivity index (χ1n) is 7.31. The second-order valence-electron chi connectivity index (χ2n) is 5.47. The van der Waals surface area contributed by atoms with Crippen molar-refractivity contribution in [2.75, 3.05) is 19.6 Å². The zero-order chi connectivity index (χ0) is 15.6. The molecule has 0 bridgehead atoms. The fourth-order valence-corrected chi connectivity index (χ4v) is 2.74. The first-order chi connectivity index (χ1) is 9.93. The molecule has 0 aliphatic carbocycles. The van der Waals surface area contributed by atoms with Crippen LogP contribution in [0.15, 0.2) is 24.3 Å². The predicted molar refractivity (Wildman–Crippen MR) is 78.4 cm³/mol. The van der Waals surface area contributed by atoms with Crippen LogP contribution >= 0.6 is 0 Å². The second-order valence-corrected chi connectivity index (χ2v) is 5.47. The minimum absolute atomic E-state index is 0.0384. The lowest BCUT2D eigenvalue weighted by molar-refractivity contribution is -0.148. The summed E-state index contributed by atoms with van der Waals surface area (Å²) in [4.78, 5) is 28.3. The average Bonchev–Trinajstić information content (AvgIpc) is 2.46. The lowest BCUT2D eigenvalue weighted by atomic mass is 9.84. The molecule has 0 N–H and O–H groups in total. The molecule has 0 saturated carbocycles. The van der Waals surface area contributed by atoms with Gasteiger partial charge in [0.2, 0.25) is 5.91 Å². The number of hydrogen-bond acceptors (Lipinski definition) is 2. The molecule has 0 radical (unpaired) electrons. The number of halogens is 1. The Bertz CT molecular complexity index is 557. The highest BCUT2D eigenvalue weighted by Gasteiger charge is 2.50. The summed E-state index contributed by atoms with van der Waals surface area (Å²) in [5, 5.41) is 0. The van der Waals surface area contributed by atoms with Gasteiger partial charge in [-0.1, -0.05) is 6.07 Å². The van der Waals surface area contributed by atoms with Gasteiger partial charge in [0.1, 0.15) is 11.4 Å². The molecule has 21 heavy (non-hydrogen) atoms. The largest absolute Gasteiger partial charge is 0.341 e. The van der Waals surface area contributed by atoms with Crippen LogP contribution < -0.4 is 0 Å². The molecule has 1 aliphatic rings. The molecular weight excluding hydrogens is 271 g/mol. The van der Waals surface area contributed by atoms with Crippen LogP contribution in [0.5, 0.6) is 0 Å². The highest BCUT2D eigenvalue weighted by atomic mass is 19.1. The predicted octanol–water partition coefficient (Wildman–Crippen LogP) is 2.30. The van der Waals surface area contributed by atoms with Crippen molar-refractivity contribution in [3.05, 3.63) is 35.6 Å². The first-order valence-corrected chi connectivity index (χ1v) is 7.31. The molecule has 1 heterocycles. The Labute approximate surface area is 124 Å². The Morgan fingerprint density at radius 3 is 2.48 bits per heavy atom. The summed E-state index contributed by atoms with van der Waals surface area (Å²) in [7, 11) is 0. The van der Waals surface area contributed by atoms with E-state index >= 15 is 0 Å². The summed E-state index contributed by atoms with van der Waals surface area (Å²) in [5.74, 6) is -0.773. The molecule has 2 rings (SSSR count). The van der Waals surface area contributed by atoms with Gasteiger partial charge >= 0.3 is 0 Å². The standard InChI is InChI=1S/C16H21FN2O2/c1-4-18(5-2)15(21)16(3)9-10-19(16)14(20)12-7-6-8-13(17)11-12/h6-8,11H,4-5,9-10H2,1-3H3. The van der Waals surface area contributed by atoms with Gasteiger partial charge in [0.25, 0.3) is 5.91 Å². The van der Waals surface area contributed by atoms with E-state index in [9.17, 15) is 14.0 Å². The van der Waals surface area contributed by atoms with Crippen LogP contribution in [0.25, 0.3) is 0 Å². The maximum Gasteiger partial charge on any atom is 0.254 e. The maximum atomic E-state index is 13.3. The van der Waals surface area contributed by atoms with Crippen LogP contribution in [0.4, 0.5) is 4.39 Å². The second kappa shape index (κ2) is 5.84. The van der Waals surface area contributed by atoms with Crippen molar-refractivity contribution in [3.8, 4) is 0 Å². The third-order valence-electron chi connectivity index (χ3n) is 4.25. The third-order valence-corrected chi connectivity index (χ3v) is 4.25. The van der Waals surface area contributed by atoms with Crippen LogP contribution in [0.3, 0.4) is 0 Å². The fourth-order valence-electron chi connectivity index (χ4n) is 2.74. The molecule has 0 aromatic heterocycles. The molecule has 1 atom stereocenters. The Kier molecular flexibility index (Phi) is 4.30. The highest BCUT2D eigenvalue weighted by Crippen LogP contribution is 2.33.